The summed E-state index contributed by atoms with van der Waals surface area (Å²) in [7, 11) is 1.84. The lowest BCUT2D eigenvalue weighted by Crippen LogP contribution is -2.40. The Hall–Kier alpha value is -3.03. The van der Waals surface area contributed by atoms with Gasteiger partial charge in [-0.3, -0.25) is 9.59 Å². The summed E-state index contributed by atoms with van der Waals surface area (Å²) in [6.07, 6.45) is 3.59. The van der Waals surface area contributed by atoms with Crippen LogP contribution >= 0.6 is 0 Å². The maximum Gasteiger partial charge on any atom is 0.222 e. The number of anilines is 1. The van der Waals surface area contributed by atoms with E-state index in [4.69, 9.17) is 9.97 Å². The zero-order valence-electron chi connectivity index (χ0n) is 18.7. The van der Waals surface area contributed by atoms with Gasteiger partial charge in [0.25, 0.3) is 0 Å². The predicted molar refractivity (Wildman–Crippen MR) is 120 cm³/mol. The number of carbonyl (C=O) groups is 2. The molecule has 0 aliphatic carbocycles. The van der Waals surface area contributed by atoms with Gasteiger partial charge in [-0.1, -0.05) is 12.1 Å². The van der Waals surface area contributed by atoms with E-state index in [-0.39, 0.29) is 23.5 Å². The summed E-state index contributed by atoms with van der Waals surface area (Å²) >= 11 is 0. The van der Waals surface area contributed by atoms with Crippen molar-refractivity contribution >= 4 is 17.6 Å². The van der Waals surface area contributed by atoms with E-state index >= 15 is 0 Å². The number of hydrogen-bond acceptors (Lipinski definition) is 5. The van der Waals surface area contributed by atoms with Crippen molar-refractivity contribution in [1.29, 1.82) is 0 Å². The number of aryl methyl sites for hydroxylation is 1. The number of carbonyl (C=O) groups excluding carboxylic acids is 2. The Bertz CT molecular complexity index is 977. The van der Waals surface area contributed by atoms with E-state index in [0.717, 1.165) is 47.8 Å². The number of rotatable bonds is 5. The first kappa shape index (κ1) is 22.2. The minimum Gasteiger partial charge on any atom is -0.373 e. The predicted octanol–water partition coefficient (Wildman–Crippen LogP) is 2.90. The average molecular weight is 440 g/mol. The second kappa shape index (κ2) is 9.63. The maximum absolute atomic E-state index is 13.1. The van der Waals surface area contributed by atoms with Crippen LogP contribution in [-0.2, 0) is 29.0 Å². The van der Waals surface area contributed by atoms with Gasteiger partial charge in [-0.05, 0) is 37.0 Å². The largest absolute Gasteiger partial charge is 0.373 e. The SMILES string of the molecule is CNc1nc([C@H]2CCCN(C(=O)CCc3ccc(F)cc3)C2)nc2c1CN(C(C)=O)CC2. The fourth-order valence-electron chi connectivity index (χ4n) is 4.57. The molecule has 1 N–H and O–H groups in total. The first-order valence-corrected chi connectivity index (χ1v) is 11.3. The monoisotopic (exact) mass is 439 g/mol. The summed E-state index contributed by atoms with van der Waals surface area (Å²) in [5.41, 5.74) is 2.95. The zero-order chi connectivity index (χ0) is 22.7. The Balaban J connectivity index is 1.44. The standard InChI is InChI=1S/C24H30FN5O2/c1-16(31)29-13-11-21-20(15-29)24(26-2)28-23(27-21)18-4-3-12-30(14-18)22(32)10-7-17-5-8-19(25)9-6-17/h5-6,8-9,18H,3-4,7,10-15H2,1-2H3,(H,26,27,28)/t18-/m0/s1. The zero-order valence-corrected chi connectivity index (χ0v) is 18.7. The average Bonchev–Trinajstić information content (AvgIpc) is 2.82. The van der Waals surface area contributed by atoms with Gasteiger partial charge in [-0.15, -0.1) is 0 Å². The van der Waals surface area contributed by atoms with Gasteiger partial charge in [0.2, 0.25) is 11.8 Å². The fraction of sp³-hybridized carbons (Fsp3) is 0.500. The molecule has 2 aliphatic heterocycles. The van der Waals surface area contributed by atoms with Crippen LogP contribution in [-0.4, -0.2) is 58.3 Å². The van der Waals surface area contributed by atoms with E-state index in [2.05, 4.69) is 5.32 Å². The molecular weight excluding hydrogens is 409 g/mol. The first-order valence-electron chi connectivity index (χ1n) is 11.3. The molecule has 0 radical (unpaired) electrons. The van der Waals surface area contributed by atoms with Gasteiger partial charge >= 0.3 is 0 Å². The third-order valence-electron chi connectivity index (χ3n) is 6.44. The Morgan fingerprint density at radius 3 is 2.66 bits per heavy atom. The number of nitrogens with one attached hydrogen (secondary N) is 1. The molecule has 7 nitrogen and oxygen atoms in total. The van der Waals surface area contributed by atoms with Crippen molar-refractivity contribution in [3.05, 3.63) is 52.7 Å². The van der Waals surface area contributed by atoms with E-state index in [0.29, 0.717) is 38.9 Å². The number of halogens is 1. The second-order valence-electron chi connectivity index (χ2n) is 8.60. The quantitative estimate of drug-likeness (QED) is 0.775. The third kappa shape index (κ3) is 4.89. The van der Waals surface area contributed by atoms with Crippen molar-refractivity contribution in [2.45, 2.75) is 51.5 Å². The van der Waals surface area contributed by atoms with Crippen molar-refractivity contribution in [1.82, 2.24) is 19.8 Å². The lowest BCUT2D eigenvalue weighted by Gasteiger charge is -2.33. The third-order valence-corrected chi connectivity index (χ3v) is 6.44. The molecule has 170 valence electrons. The van der Waals surface area contributed by atoms with Crippen LogP contribution < -0.4 is 5.32 Å². The van der Waals surface area contributed by atoms with Crippen molar-refractivity contribution in [2.24, 2.45) is 0 Å². The lowest BCUT2D eigenvalue weighted by molar-refractivity contribution is -0.132. The Labute approximate surface area is 188 Å². The number of piperidine rings is 1. The molecule has 2 aromatic rings. The number of fused-ring (bicyclic) bond motifs is 1. The summed E-state index contributed by atoms with van der Waals surface area (Å²) in [6.45, 7) is 4.14. The maximum atomic E-state index is 13.1. The van der Waals surface area contributed by atoms with E-state index in [9.17, 15) is 14.0 Å². The first-order chi connectivity index (χ1) is 15.4. The Kier molecular flexibility index (Phi) is 6.67. The molecule has 1 atom stereocenters. The second-order valence-corrected chi connectivity index (χ2v) is 8.60. The fourth-order valence-corrected chi connectivity index (χ4v) is 4.57. The summed E-state index contributed by atoms with van der Waals surface area (Å²) in [5.74, 6) is 1.56. The molecule has 2 amide bonds. The van der Waals surface area contributed by atoms with Gasteiger partial charge in [0.05, 0.1) is 12.2 Å². The number of likely N-dealkylation sites (tertiary alicyclic amines) is 1. The Morgan fingerprint density at radius 2 is 1.94 bits per heavy atom. The van der Waals surface area contributed by atoms with Crippen molar-refractivity contribution < 1.29 is 14.0 Å². The van der Waals surface area contributed by atoms with Crippen LogP contribution in [0, 0.1) is 5.82 Å². The highest BCUT2D eigenvalue weighted by atomic mass is 19.1. The molecule has 1 aromatic heterocycles. The van der Waals surface area contributed by atoms with Crippen LogP contribution in [0.15, 0.2) is 24.3 Å². The molecule has 3 heterocycles. The van der Waals surface area contributed by atoms with Gasteiger partial charge in [-0.2, -0.15) is 0 Å². The molecule has 1 saturated heterocycles. The van der Waals surface area contributed by atoms with Crippen molar-refractivity contribution in [3.8, 4) is 0 Å². The van der Waals surface area contributed by atoms with Crippen molar-refractivity contribution in [3.63, 3.8) is 0 Å². The number of aromatic nitrogens is 2. The van der Waals surface area contributed by atoms with Gasteiger partial charge < -0.3 is 15.1 Å². The van der Waals surface area contributed by atoms with Crippen LogP contribution in [0.3, 0.4) is 0 Å². The summed E-state index contributed by atoms with van der Waals surface area (Å²) in [6, 6.07) is 6.32. The highest BCUT2D eigenvalue weighted by Gasteiger charge is 2.29. The smallest absolute Gasteiger partial charge is 0.222 e. The minimum atomic E-state index is -0.265. The molecule has 4 rings (SSSR count). The van der Waals surface area contributed by atoms with Gasteiger partial charge in [0.1, 0.15) is 17.5 Å². The van der Waals surface area contributed by atoms with E-state index in [1.807, 2.05) is 16.8 Å². The molecule has 8 heteroatoms. The molecule has 0 spiro atoms. The number of amides is 2. The lowest BCUT2D eigenvalue weighted by atomic mass is 9.95. The molecule has 1 fully saturated rings. The van der Waals surface area contributed by atoms with E-state index < -0.39 is 0 Å². The van der Waals surface area contributed by atoms with Crippen molar-refractivity contribution in [2.75, 3.05) is 32.0 Å². The van der Waals surface area contributed by atoms with E-state index in [1.165, 1.54) is 12.1 Å². The topological polar surface area (TPSA) is 78.4 Å². The van der Waals surface area contributed by atoms with E-state index in [1.54, 1.807) is 19.1 Å². The van der Waals surface area contributed by atoms with Crippen LogP contribution in [0.25, 0.3) is 0 Å². The van der Waals surface area contributed by atoms with Crippen LogP contribution in [0.1, 0.15) is 54.7 Å². The highest BCUT2D eigenvalue weighted by molar-refractivity contribution is 5.76. The van der Waals surface area contributed by atoms with Crippen LogP contribution in [0.2, 0.25) is 0 Å². The molecule has 0 bridgehead atoms. The minimum absolute atomic E-state index is 0.0591. The molecule has 2 aliphatic rings. The van der Waals surface area contributed by atoms with Gasteiger partial charge in [0, 0.05) is 57.9 Å². The summed E-state index contributed by atoms with van der Waals surface area (Å²) in [4.78, 5) is 38.0. The number of nitrogens with zero attached hydrogens (tertiary/aromatic N) is 4. The summed E-state index contributed by atoms with van der Waals surface area (Å²) in [5, 5.41) is 3.17. The molecular formula is C24H30FN5O2. The molecule has 1 aromatic carbocycles. The number of benzene rings is 1. The van der Waals surface area contributed by atoms with Crippen LogP contribution in [0.5, 0.6) is 0 Å². The summed E-state index contributed by atoms with van der Waals surface area (Å²) < 4.78 is 13.1. The van der Waals surface area contributed by atoms with Gasteiger partial charge in [0.15, 0.2) is 0 Å². The van der Waals surface area contributed by atoms with Crippen LogP contribution in [0.4, 0.5) is 10.2 Å². The normalized spacial score (nSPS) is 18.3. The molecule has 32 heavy (non-hydrogen) atoms. The molecule has 0 unspecified atom stereocenters. The number of hydrogen-bond donors (Lipinski definition) is 1. The Morgan fingerprint density at radius 1 is 1.16 bits per heavy atom. The molecule has 0 saturated carbocycles. The highest BCUT2D eigenvalue weighted by Crippen LogP contribution is 2.30. The van der Waals surface area contributed by atoms with Gasteiger partial charge in [-0.25, -0.2) is 14.4 Å².